The predicted molar refractivity (Wildman–Crippen MR) is 133 cm³/mol. The van der Waals surface area contributed by atoms with Crippen molar-refractivity contribution in [2.75, 3.05) is 46.6 Å². The fraction of sp³-hybridized carbons (Fsp3) is 0.444. The first-order valence-electron chi connectivity index (χ1n) is 12.0. The molecule has 9 heteroatoms. The summed E-state index contributed by atoms with van der Waals surface area (Å²) >= 11 is 0. The minimum Gasteiger partial charge on any atom is -0.493 e. The number of benzene rings is 2. The van der Waals surface area contributed by atoms with Crippen molar-refractivity contribution in [2.45, 2.75) is 32.5 Å². The zero-order valence-electron chi connectivity index (χ0n) is 21.1. The van der Waals surface area contributed by atoms with Crippen molar-refractivity contribution < 1.29 is 28.4 Å². The lowest BCUT2D eigenvalue weighted by atomic mass is 10.1. The quantitative estimate of drug-likeness (QED) is 0.458. The smallest absolute Gasteiger partial charge is 0.161 e. The highest BCUT2D eigenvalue weighted by molar-refractivity contribution is 5.43. The van der Waals surface area contributed by atoms with Crippen molar-refractivity contribution in [1.29, 1.82) is 0 Å². The van der Waals surface area contributed by atoms with Gasteiger partial charge < -0.3 is 28.6 Å². The van der Waals surface area contributed by atoms with E-state index in [-0.39, 0.29) is 19.0 Å². The molecule has 0 unspecified atom stereocenters. The molecule has 0 spiro atoms. The molecule has 1 fully saturated rings. The van der Waals surface area contributed by atoms with E-state index < -0.39 is 5.60 Å². The maximum atomic E-state index is 13.5. The number of nitrogens with zero attached hydrogens (tertiary/aromatic N) is 3. The van der Waals surface area contributed by atoms with E-state index in [9.17, 15) is 9.50 Å². The fourth-order valence-corrected chi connectivity index (χ4v) is 4.23. The standard InChI is InChI=1S/C27H34FN3O5/c1-20-14-23(5-6-24(20)28)36-19-27(32)17-30(10-12-34-18-27)16-22-4-7-25(26(15-22)33-3)35-13-11-31-9-8-29-21(31)2/h4-9,14-15,32H,10-13,16-19H2,1-3H3/t27-/m0/s1. The molecule has 3 aromatic rings. The molecule has 1 atom stereocenters. The summed E-state index contributed by atoms with van der Waals surface area (Å²) < 4.78 is 38.6. The number of β-amino-alcohol motifs (C(OH)–C–C–N with tert-alkyl or cyclic N) is 1. The second-order valence-corrected chi connectivity index (χ2v) is 9.19. The first-order chi connectivity index (χ1) is 17.3. The minimum absolute atomic E-state index is 0.0427. The average molecular weight is 500 g/mol. The largest absolute Gasteiger partial charge is 0.493 e. The molecular formula is C27H34FN3O5. The Labute approximate surface area is 211 Å². The van der Waals surface area contributed by atoms with E-state index in [1.54, 1.807) is 32.4 Å². The van der Waals surface area contributed by atoms with Gasteiger partial charge in [-0.15, -0.1) is 0 Å². The summed E-state index contributed by atoms with van der Waals surface area (Å²) in [7, 11) is 1.62. The Hall–Kier alpha value is -3.14. The fourth-order valence-electron chi connectivity index (χ4n) is 4.23. The lowest BCUT2D eigenvalue weighted by Gasteiger charge is -2.30. The van der Waals surface area contributed by atoms with Crippen LogP contribution in [0.25, 0.3) is 0 Å². The van der Waals surface area contributed by atoms with Crippen LogP contribution in [-0.2, 0) is 17.8 Å². The molecular weight excluding hydrogens is 465 g/mol. The van der Waals surface area contributed by atoms with Gasteiger partial charge in [0.1, 0.15) is 36.2 Å². The molecule has 4 rings (SSSR count). The van der Waals surface area contributed by atoms with Crippen LogP contribution < -0.4 is 14.2 Å². The van der Waals surface area contributed by atoms with Gasteiger partial charge in [-0.2, -0.15) is 0 Å². The van der Waals surface area contributed by atoms with Crippen molar-refractivity contribution in [3.63, 3.8) is 0 Å². The first kappa shape index (κ1) is 25.9. The van der Waals surface area contributed by atoms with Gasteiger partial charge in [0.15, 0.2) is 11.5 Å². The van der Waals surface area contributed by atoms with Crippen molar-refractivity contribution in [3.05, 3.63) is 71.6 Å². The number of aromatic nitrogens is 2. The minimum atomic E-state index is -1.20. The van der Waals surface area contributed by atoms with Gasteiger partial charge in [0, 0.05) is 32.0 Å². The van der Waals surface area contributed by atoms with Crippen LogP contribution in [0, 0.1) is 19.7 Å². The number of methoxy groups -OCH3 is 1. The second kappa shape index (κ2) is 11.7. The molecule has 1 aliphatic rings. The van der Waals surface area contributed by atoms with E-state index in [1.165, 1.54) is 6.07 Å². The Morgan fingerprint density at radius 3 is 2.75 bits per heavy atom. The molecule has 0 saturated carbocycles. The molecule has 36 heavy (non-hydrogen) atoms. The van der Waals surface area contributed by atoms with Gasteiger partial charge >= 0.3 is 0 Å². The predicted octanol–water partition coefficient (Wildman–Crippen LogP) is 3.37. The van der Waals surface area contributed by atoms with Crippen LogP contribution in [0.3, 0.4) is 0 Å². The number of hydrogen-bond acceptors (Lipinski definition) is 7. The topological polar surface area (TPSA) is 78.2 Å². The molecule has 1 aromatic heterocycles. The van der Waals surface area contributed by atoms with Crippen LogP contribution in [-0.4, -0.2) is 71.8 Å². The first-order valence-corrected chi connectivity index (χ1v) is 12.0. The highest BCUT2D eigenvalue weighted by atomic mass is 19.1. The third kappa shape index (κ3) is 6.75. The van der Waals surface area contributed by atoms with Crippen molar-refractivity contribution in [1.82, 2.24) is 14.5 Å². The average Bonchev–Trinajstić information content (AvgIpc) is 3.18. The van der Waals surface area contributed by atoms with E-state index in [0.29, 0.717) is 62.2 Å². The van der Waals surface area contributed by atoms with Crippen LogP contribution in [0.15, 0.2) is 48.8 Å². The van der Waals surface area contributed by atoms with Crippen LogP contribution >= 0.6 is 0 Å². The number of rotatable bonds is 10. The molecule has 0 bridgehead atoms. The molecule has 194 valence electrons. The summed E-state index contributed by atoms with van der Waals surface area (Å²) in [5.41, 5.74) is 0.331. The molecule has 2 heterocycles. The van der Waals surface area contributed by atoms with E-state index >= 15 is 0 Å². The van der Waals surface area contributed by atoms with Gasteiger partial charge in [0.2, 0.25) is 0 Å². The second-order valence-electron chi connectivity index (χ2n) is 9.19. The lowest BCUT2D eigenvalue weighted by Crippen LogP contribution is -2.48. The highest BCUT2D eigenvalue weighted by Crippen LogP contribution is 2.29. The van der Waals surface area contributed by atoms with Crippen LogP contribution in [0.1, 0.15) is 17.0 Å². The molecule has 0 aliphatic carbocycles. The van der Waals surface area contributed by atoms with E-state index in [1.807, 2.05) is 35.9 Å². The number of aliphatic hydroxyl groups is 1. The van der Waals surface area contributed by atoms with Gasteiger partial charge in [0.25, 0.3) is 0 Å². The van der Waals surface area contributed by atoms with Crippen molar-refractivity contribution in [2.24, 2.45) is 0 Å². The van der Waals surface area contributed by atoms with E-state index in [0.717, 1.165) is 11.4 Å². The summed E-state index contributed by atoms with van der Waals surface area (Å²) in [5.74, 6) is 2.51. The Morgan fingerprint density at radius 2 is 2.00 bits per heavy atom. The van der Waals surface area contributed by atoms with E-state index in [2.05, 4.69) is 9.88 Å². The summed E-state index contributed by atoms with van der Waals surface area (Å²) in [4.78, 5) is 6.35. The Kier molecular flexibility index (Phi) is 8.45. The summed E-state index contributed by atoms with van der Waals surface area (Å²) in [5, 5.41) is 11.2. The Bertz CT molecular complexity index is 1150. The summed E-state index contributed by atoms with van der Waals surface area (Å²) in [6, 6.07) is 10.4. The molecule has 0 amide bonds. The van der Waals surface area contributed by atoms with E-state index in [4.69, 9.17) is 18.9 Å². The van der Waals surface area contributed by atoms with Gasteiger partial charge in [-0.1, -0.05) is 6.07 Å². The number of hydrogen-bond donors (Lipinski definition) is 1. The molecule has 0 radical (unpaired) electrons. The SMILES string of the molecule is COc1cc(CN2CCOC[C@](O)(COc3ccc(F)c(C)c3)C2)ccc1OCCn1ccnc1C. The monoisotopic (exact) mass is 499 g/mol. The Balaban J connectivity index is 1.35. The third-order valence-electron chi connectivity index (χ3n) is 6.23. The third-order valence-corrected chi connectivity index (χ3v) is 6.23. The molecule has 1 N–H and O–H groups in total. The van der Waals surface area contributed by atoms with Crippen molar-refractivity contribution >= 4 is 0 Å². The van der Waals surface area contributed by atoms with Crippen LogP contribution in [0.4, 0.5) is 4.39 Å². The van der Waals surface area contributed by atoms with Crippen molar-refractivity contribution in [3.8, 4) is 17.2 Å². The Morgan fingerprint density at radius 1 is 1.14 bits per heavy atom. The number of aryl methyl sites for hydroxylation is 2. The van der Waals surface area contributed by atoms with Crippen LogP contribution in [0.2, 0.25) is 0 Å². The van der Waals surface area contributed by atoms with Crippen LogP contribution in [0.5, 0.6) is 17.2 Å². The maximum Gasteiger partial charge on any atom is 0.161 e. The molecule has 8 nitrogen and oxygen atoms in total. The van der Waals surface area contributed by atoms with Gasteiger partial charge in [0.05, 0.1) is 26.9 Å². The number of halogens is 1. The maximum absolute atomic E-state index is 13.5. The summed E-state index contributed by atoms with van der Waals surface area (Å²) in [6.45, 7) is 7.19. The molecule has 1 saturated heterocycles. The molecule has 2 aromatic carbocycles. The lowest BCUT2D eigenvalue weighted by molar-refractivity contribution is -0.0646. The normalized spacial score (nSPS) is 18.6. The molecule has 1 aliphatic heterocycles. The number of imidazole rings is 1. The number of ether oxygens (including phenoxy) is 4. The van der Waals surface area contributed by atoms with Gasteiger partial charge in [-0.3, -0.25) is 4.90 Å². The van der Waals surface area contributed by atoms with Gasteiger partial charge in [-0.25, -0.2) is 9.37 Å². The zero-order chi connectivity index (χ0) is 25.5. The van der Waals surface area contributed by atoms with Gasteiger partial charge in [-0.05, 0) is 55.3 Å². The zero-order valence-corrected chi connectivity index (χ0v) is 21.1. The highest BCUT2D eigenvalue weighted by Gasteiger charge is 2.33. The summed E-state index contributed by atoms with van der Waals surface area (Å²) in [6.07, 6.45) is 3.70.